The van der Waals surface area contributed by atoms with Gasteiger partial charge in [0, 0.05) is 81.7 Å². The number of piperazine rings is 1. The fourth-order valence-electron chi connectivity index (χ4n) is 5.78. The van der Waals surface area contributed by atoms with Gasteiger partial charge in [0.25, 0.3) is 11.8 Å². The molecular formula is C35H33F3N6O3. The summed E-state index contributed by atoms with van der Waals surface area (Å²) in [6.45, 7) is 5.42. The maximum absolute atomic E-state index is 13.5. The van der Waals surface area contributed by atoms with Gasteiger partial charge in [0.15, 0.2) is 0 Å². The SMILES string of the molecule is Cc1nc(Oc2ccc3c(c2)cc(C(=O)N2CCN(Cc4ccncc4)CC2)n3C)ccc1N(C)C(=O)c1ccc(C(F)(F)F)cc1. The van der Waals surface area contributed by atoms with Crippen molar-refractivity contribution in [2.24, 2.45) is 7.05 Å². The second-order valence-electron chi connectivity index (χ2n) is 11.5. The molecule has 12 heteroatoms. The summed E-state index contributed by atoms with van der Waals surface area (Å²) in [6.07, 6.45) is -0.897. The molecule has 0 saturated carbocycles. The number of benzene rings is 2. The molecule has 242 valence electrons. The van der Waals surface area contributed by atoms with Gasteiger partial charge in [-0.25, -0.2) is 4.98 Å². The van der Waals surface area contributed by atoms with E-state index in [0.717, 1.165) is 54.8 Å². The van der Waals surface area contributed by atoms with Crippen LogP contribution in [-0.4, -0.2) is 69.4 Å². The summed E-state index contributed by atoms with van der Waals surface area (Å²) in [6, 6.07) is 18.8. The first-order valence-electron chi connectivity index (χ1n) is 15.1. The van der Waals surface area contributed by atoms with Crippen LogP contribution in [0, 0.1) is 6.92 Å². The van der Waals surface area contributed by atoms with Gasteiger partial charge in [-0.05, 0) is 79.2 Å². The highest BCUT2D eigenvalue weighted by atomic mass is 19.4. The normalized spacial score (nSPS) is 14.0. The van der Waals surface area contributed by atoms with E-state index in [0.29, 0.717) is 41.8 Å². The summed E-state index contributed by atoms with van der Waals surface area (Å²) in [5, 5.41) is 0.847. The quantitative estimate of drug-likeness (QED) is 0.207. The summed E-state index contributed by atoms with van der Waals surface area (Å²) in [4.78, 5) is 40.6. The van der Waals surface area contributed by atoms with E-state index in [1.54, 1.807) is 37.5 Å². The number of pyridine rings is 2. The number of carbonyl (C=O) groups is 2. The molecule has 1 fully saturated rings. The minimum Gasteiger partial charge on any atom is -0.439 e. The number of alkyl halides is 3. The Balaban J connectivity index is 1.11. The minimum absolute atomic E-state index is 0.0161. The Bertz CT molecular complexity index is 1920. The highest BCUT2D eigenvalue weighted by Crippen LogP contribution is 2.31. The van der Waals surface area contributed by atoms with Gasteiger partial charge in [-0.3, -0.25) is 19.5 Å². The molecule has 0 N–H and O–H groups in total. The molecule has 1 aliphatic heterocycles. The molecule has 6 rings (SSSR count). The van der Waals surface area contributed by atoms with Crippen LogP contribution in [0.15, 0.2) is 85.2 Å². The van der Waals surface area contributed by atoms with Crippen LogP contribution >= 0.6 is 0 Å². The van der Waals surface area contributed by atoms with Crippen molar-refractivity contribution in [2.75, 3.05) is 38.1 Å². The molecule has 0 aliphatic carbocycles. The Hall–Kier alpha value is -5.23. The van der Waals surface area contributed by atoms with Crippen LogP contribution in [-0.2, 0) is 19.8 Å². The summed E-state index contributed by atoms with van der Waals surface area (Å²) in [5.41, 5.74) is 2.98. The molecule has 0 atom stereocenters. The number of anilines is 1. The molecule has 0 spiro atoms. The van der Waals surface area contributed by atoms with E-state index in [2.05, 4.69) is 14.9 Å². The van der Waals surface area contributed by atoms with Gasteiger partial charge in [-0.1, -0.05) is 0 Å². The van der Waals surface area contributed by atoms with Crippen molar-refractivity contribution in [1.82, 2.24) is 24.3 Å². The Morgan fingerprint density at radius 1 is 0.915 bits per heavy atom. The van der Waals surface area contributed by atoms with Gasteiger partial charge in [-0.2, -0.15) is 13.2 Å². The molecule has 0 radical (unpaired) electrons. The molecule has 3 aromatic heterocycles. The van der Waals surface area contributed by atoms with Crippen molar-refractivity contribution >= 4 is 28.4 Å². The second kappa shape index (κ2) is 12.9. The van der Waals surface area contributed by atoms with Crippen molar-refractivity contribution in [3.8, 4) is 11.6 Å². The van der Waals surface area contributed by atoms with Gasteiger partial charge < -0.3 is 19.1 Å². The number of hydrogen-bond acceptors (Lipinski definition) is 6. The molecule has 2 amide bonds. The van der Waals surface area contributed by atoms with E-state index in [4.69, 9.17) is 4.74 Å². The Kier molecular flexibility index (Phi) is 8.69. The lowest BCUT2D eigenvalue weighted by atomic mass is 10.1. The number of carbonyl (C=O) groups excluding carboxylic acids is 2. The Morgan fingerprint density at radius 3 is 2.28 bits per heavy atom. The van der Waals surface area contributed by atoms with Crippen molar-refractivity contribution in [2.45, 2.75) is 19.6 Å². The van der Waals surface area contributed by atoms with Crippen LogP contribution in [0.1, 0.15) is 37.7 Å². The van der Waals surface area contributed by atoms with Crippen LogP contribution < -0.4 is 9.64 Å². The first-order valence-corrected chi connectivity index (χ1v) is 15.1. The third kappa shape index (κ3) is 6.82. The highest BCUT2D eigenvalue weighted by Gasteiger charge is 2.30. The standard InChI is InChI=1S/C35H33F3N6O3/c1-23-29(42(3)33(45)25-4-6-27(7-5-25)35(36,37)38)10-11-32(40-23)47-28-8-9-30-26(20-28)21-31(41(30)2)34(46)44-18-16-43(17-19-44)22-24-12-14-39-15-13-24/h4-15,20-21H,16-19,22H2,1-3H3. The molecule has 2 aromatic carbocycles. The Morgan fingerprint density at radius 2 is 1.62 bits per heavy atom. The number of rotatable bonds is 7. The minimum atomic E-state index is -4.48. The molecule has 1 aliphatic rings. The van der Waals surface area contributed by atoms with E-state index in [1.165, 1.54) is 17.5 Å². The number of hydrogen-bond donors (Lipinski definition) is 0. The largest absolute Gasteiger partial charge is 0.439 e. The van der Waals surface area contributed by atoms with Gasteiger partial charge in [0.2, 0.25) is 5.88 Å². The molecule has 47 heavy (non-hydrogen) atoms. The average molecular weight is 643 g/mol. The van der Waals surface area contributed by atoms with Crippen molar-refractivity contribution in [3.05, 3.63) is 113 Å². The zero-order valence-corrected chi connectivity index (χ0v) is 26.2. The van der Waals surface area contributed by atoms with Crippen molar-refractivity contribution in [1.29, 1.82) is 0 Å². The van der Waals surface area contributed by atoms with Crippen LogP contribution in [0.5, 0.6) is 11.6 Å². The Labute approximate surface area is 269 Å². The maximum Gasteiger partial charge on any atom is 0.416 e. The number of halogens is 3. The lowest BCUT2D eigenvalue weighted by Crippen LogP contribution is -2.48. The van der Waals surface area contributed by atoms with Crippen LogP contribution in [0.3, 0.4) is 0 Å². The van der Waals surface area contributed by atoms with Crippen LogP contribution in [0.4, 0.5) is 18.9 Å². The lowest BCUT2D eigenvalue weighted by molar-refractivity contribution is -0.137. The maximum atomic E-state index is 13.5. The van der Waals surface area contributed by atoms with E-state index in [9.17, 15) is 22.8 Å². The number of aromatic nitrogens is 3. The first kappa shape index (κ1) is 31.7. The molecule has 5 aromatic rings. The van der Waals surface area contributed by atoms with Crippen LogP contribution in [0.2, 0.25) is 0 Å². The van der Waals surface area contributed by atoms with Gasteiger partial charge in [-0.15, -0.1) is 0 Å². The average Bonchev–Trinajstić information content (AvgIpc) is 3.39. The summed E-state index contributed by atoms with van der Waals surface area (Å²) < 4.78 is 46.7. The lowest BCUT2D eigenvalue weighted by Gasteiger charge is -2.34. The third-order valence-electron chi connectivity index (χ3n) is 8.43. The summed E-state index contributed by atoms with van der Waals surface area (Å²) >= 11 is 0. The summed E-state index contributed by atoms with van der Waals surface area (Å²) in [7, 11) is 3.41. The molecule has 4 heterocycles. The summed E-state index contributed by atoms with van der Waals surface area (Å²) in [5.74, 6) is 0.347. The highest BCUT2D eigenvalue weighted by molar-refractivity contribution is 6.06. The predicted molar refractivity (Wildman–Crippen MR) is 172 cm³/mol. The van der Waals surface area contributed by atoms with Crippen molar-refractivity contribution in [3.63, 3.8) is 0 Å². The van der Waals surface area contributed by atoms with E-state index < -0.39 is 17.6 Å². The predicted octanol–water partition coefficient (Wildman–Crippen LogP) is 6.32. The fourth-order valence-corrected chi connectivity index (χ4v) is 5.78. The van der Waals surface area contributed by atoms with E-state index in [-0.39, 0.29) is 11.5 Å². The number of aryl methyl sites for hydroxylation is 2. The second-order valence-corrected chi connectivity index (χ2v) is 11.5. The molecule has 0 bridgehead atoms. The number of amides is 2. The van der Waals surface area contributed by atoms with Gasteiger partial charge >= 0.3 is 6.18 Å². The van der Waals surface area contributed by atoms with Crippen LogP contribution in [0.25, 0.3) is 10.9 Å². The molecule has 0 unspecified atom stereocenters. The van der Waals surface area contributed by atoms with Gasteiger partial charge in [0.05, 0.1) is 16.9 Å². The first-order chi connectivity index (χ1) is 22.5. The van der Waals surface area contributed by atoms with E-state index in [1.807, 2.05) is 46.8 Å². The fraction of sp³-hybridized carbons (Fsp3) is 0.257. The molecule has 9 nitrogen and oxygen atoms in total. The molecule has 1 saturated heterocycles. The number of fused-ring (bicyclic) bond motifs is 1. The zero-order chi connectivity index (χ0) is 33.3. The zero-order valence-electron chi connectivity index (χ0n) is 26.2. The smallest absolute Gasteiger partial charge is 0.416 e. The monoisotopic (exact) mass is 642 g/mol. The van der Waals surface area contributed by atoms with Crippen molar-refractivity contribution < 1.29 is 27.5 Å². The van der Waals surface area contributed by atoms with E-state index >= 15 is 0 Å². The number of nitrogens with zero attached hydrogens (tertiary/aromatic N) is 6. The molecular weight excluding hydrogens is 609 g/mol. The third-order valence-corrected chi connectivity index (χ3v) is 8.43. The number of ether oxygens (including phenoxy) is 1. The topological polar surface area (TPSA) is 83.8 Å². The van der Waals surface area contributed by atoms with Gasteiger partial charge in [0.1, 0.15) is 11.4 Å².